The van der Waals surface area contributed by atoms with Crippen molar-refractivity contribution in [1.82, 2.24) is 14.9 Å². The monoisotopic (exact) mass is 287 g/mol. The molecular weight excluding hydrogens is 266 g/mol. The summed E-state index contributed by atoms with van der Waals surface area (Å²) >= 11 is 0. The van der Waals surface area contributed by atoms with Gasteiger partial charge in [0.1, 0.15) is 5.82 Å². The van der Waals surface area contributed by atoms with Gasteiger partial charge < -0.3 is 15.0 Å². The number of carbonyl (C=O) groups excluding carboxylic acids is 1. The number of hydrogen-bond donors (Lipinski definition) is 2. The van der Waals surface area contributed by atoms with Crippen LogP contribution < -0.4 is 5.32 Å². The average Bonchev–Trinajstić information content (AvgIpc) is 3.02. The van der Waals surface area contributed by atoms with Gasteiger partial charge in [-0.25, -0.2) is 4.98 Å². The van der Waals surface area contributed by atoms with Gasteiger partial charge in [0.2, 0.25) is 5.91 Å². The minimum Gasteiger partial charge on any atom is -0.389 e. The fourth-order valence-corrected chi connectivity index (χ4v) is 3.10. The summed E-state index contributed by atoms with van der Waals surface area (Å²) in [7, 11) is 1.95. The predicted molar refractivity (Wildman–Crippen MR) is 80.6 cm³/mol. The number of fused-ring (bicyclic) bond motifs is 1. The number of aromatic nitrogens is 2. The van der Waals surface area contributed by atoms with E-state index < -0.39 is 5.60 Å². The van der Waals surface area contributed by atoms with Crippen molar-refractivity contribution in [1.29, 1.82) is 0 Å². The molecule has 0 bridgehead atoms. The largest absolute Gasteiger partial charge is 0.389 e. The molecule has 0 radical (unpaired) electrons. The Morgan fingerprint density at radius 3 is 2.81 bits per heavy atom. The fraction of sp³-hybridized carbons (Fsp3) is 0.500. The minimum atomic E-state index is -0.795. The van der Waals surface area contributed by atoms with Crippen LogP contribution in [0.25, 0.3) is 11.0 Å². The molecule has 21 heavy (non-hydrogen) atoms. The van der Waals surface area contributed by atoms with Crippen LogP contribution >= 0.6 is 0 Å². The number of benzene rings is 1. The maximum absolute atomic E-state index is 12.0. The number of aryl methyl sites for hydroxylation is 1. The van der Waals surface area contributed by atoms with Crippen molar-refractivity contribution in [2.45, 2.75) is 44.2 Å². The van der Waals surface area contributed by atoms with Gasteiger partial charge in [-0.05, 0) is 25.0 Å². The average molecular weight is 287 g/mol. The molecule has 1 aliphatic carbocycles. The standard InChI is InChI=1S/C16H21N3O2/c1-19-13-7-3-2-6-12(13)18-14(19)11-17-15(20)10-16(21)8-4-5-9-16/h2-3,6-7,21H,4-5,8-11H2,1H3,(H,17,20). The zero-order valence-electron chi connectivity index (χ0n) is 12.3. The first kappa shape index (κ1) is 14.1. The van der Waals surface area contributed by atoms with Crippen molar-refractivity contribution >= 4 is 16.9 Å². The molecule has 1 aromatic heterocycles. The molecule has 1 amide bonds. The molecular formula is C16H21N3O2. The van der Waals surface area contributed by atoms with Crippen LogP contribution in [0.3, 0.4) is 0 Å². The van der Waals surface area contributed by atoms with Crippen LogP contribution in [0.15, 0.2) is 24.3 Å². The number of hydrogen-bond acceptors (Lipinski definition) is 3. The second kappa shape index (κ2) is 5.48. The fourth-order valence-electron chi connectivity index (χ4n) is 3.10. The van der Waals surface area contributed by atoms with Crippen molar-refractivity contribution in [3.63, 3.8) is 0 Å². The zero-order chi connectivity index (χ0) is 14.9. The predicted octanol–water partition coefficient (Wildman–Crippen LogP) is 1.88. The summed E-state index contributed by atoms with van der Waals surface area (Å²) in [6.45, 7) is 0.389. The van der Waals surface area contributed by atoms with Gasteiger partial charge >= 0.3 is 0 Å². The van der Waals surface area contributed by atoms with Crippen molar-refractivity contribution in [3.8, 4) is 0 Å². The Hall–Kier alpha value is -1.88. The Morgan fingerprint density at radius 2 is 2.10 bits per heavy atom. The first-order valence-corrected chi connectivity index (χ1v) is 7.47. The van der Waals surface area contributed by atoms with Gasteiger partial charge in [0.25, 0.3) is 0 Å². The van der Waals surface area contributed by atoms with Gasteiger partial charge in [0.15, 0.2) is 0 Å². The Balaban J connectivity index is 1.63. The summed E-state index contributed by atoms with van der Waals surface area (Å²) in [5, 5.41) is 13.1. The number of carbonyl (C=O) groups is 1. The quantitative estimate of drug-likeness (QED) is 0.902. The van der Waals surface area contributed by atoms with E-state index in [4.69, 9.17) is 0 Å². The molecule has 0 spiro atoms. The Labute approximate surface area is 124 Å². The highest BCUT2D eigenvalue weighted by atomic mass is 16.3. The van der Waals surface area contributed by atoms with Gasteiger partial charge in [-0.2, -0.15) is 0 Å². The summed E-state index contributed by atoms with van der Waals surface area (Å²) in [5.74, 6) is 0.717. The highest BCUT2D eigenvalue weighted by molar-refractivity contribution is 5.78. The van der Waals surface area contributed by atoms with Crippen molar-refractivity contribution in [2.24, 2.45) is 7.05 Å². The van der Waals surface area contributed by atoms with Gasteiger partial charge in [0, 0.05) is 7.05 Å². The maximum atomic E-state index is 12.0. The minimum absolute atomic E-state index is 0.105. The van der Waals surface area contributed by atoms with Gasteiger partial charge in [0.05, 0.1) is 29.6 Å². The molecule has 0 saturated heterocycles. The van der Waals surface area contributed by atoms with E-state index in [0.29, 0.717) is 6.54 Å². The van der Waals surface area contributed by atoms with Crippen LogP contribution in [-0.4, -0.2) is 26.2 Å². The lowest BCUT2D eigenvalue weighted by Crippen LogP contribution is -2.34. The Bertz CT molecular complexity index is 657. The molecule has 5 heteroatoms. The molecule has 0 aliphatic heterocycles. The SMILES string of the molecule is Cn1c(CNC(=O)CC2(O)CCCC2)nc2ccccc21. The van der Waals surface area contributed by atoms with Crippen molar-refractivity contribution < 1.29 is 9.90 Å². The molecule has 2 N–H and O–H groups in total. The molecule has 2 aromatic rings. The molecule has 1 heterocycles. The molecule has 0 unspecified atom stereocenters. The smallest absolute Gasteiger partial charge is 0.223 e. The number of nitrogens with one attached hydrogen (secondary N) is 1. The molecule has 1 aliphatic rings. The highest BCUT2D eigenvalue weighted by Crippen LogP contribution is 2.32. The molecule has 5 nitrogen and oxygen atoms in total. The van der Waals surface area contributed by atoms with Gasteiger partial charge in [-0.3, -0.25) is 4.79 Å². The van der Waals surface area contributed by atoms with Crippen LogP contribution in [0.2, 0.25) is 0 Å². The number of rotatable bonds is 4. The zero-order valence-corrected chi connectivity index (χ0v) is 12.3. The third-order valence-corrected chi connectivity index (χ3v) is 4.35. The van der Waals surface area contributed by atoms with Crippen LogP contribution in [-0.2, 0) is 18.4 Å². The highest BCUT2D eigenvalue weighted by Gasteiger charge is 2.33. The third kappa shape index (κ3) is 2.93. The van der Waals surface area contributed by atoms with Crippen LogP contribution in [0.4, 0.5) is 0 Å². The van der Waals surface area contributed by atoms with E-state index >= 15 is 0 Å². The lowest BCUT2D eigenvalue weighted by Gasteiger charge is -2.21. The van der Waals surface area contributed by atoms with Gasteiger partial charge in [-0.1, -0.05) is 25.0 Å². The summed E-state index contributed by atoms with van der Waals surface area (Å²) in [6, 6.07) is 7.89. The number of nitrogens with zero attached hydrogens (tertiary/aromatic N) is 2. The number of aliphatic hydroxyl groups is 1. The summed E-state index contributed by atoms with van der Waals surface area (Å²) in [5.41, 5.74) is 1.19. The molecule has 0 atom stereocenters. The second-order valence-electron chi connectivity index (χ2n) is 5.96. The molecule has 112 valence electrons. The van der Waals surface area contributed by atoms with E-state index in [1.807, 2.05) is 35.9 Å². The lowest BCUT2D eigenvalue weighted by atomic mass is 9.98. The summed E-state index contributed by atoms with van der Waals surface area (Å²) < 4.78 is 1.99. The number of para-hydroxylation sites is 2. The first-order chi connectivity index (χ1) is 10.1. The first-order valence-electron chi connectivity index (χ1n) is 7.47. The Morgan fingerprint density at radius 1 is 1.38 bits per heavy atom. The van der Waals surface area contributed by atoms with E-state index in [9.17, 15) is 9.90 Å². The van der Waals surface area contributed by atoms with Crippen molar-refractivity contribution in [2.75, 3.05) is 0 Å². The summed E-state index contributed by atoms with van der Waals surface area (Å²) in [4.78, 5) is 16.5. The number of imidazole rings is 1. The summed E-state index contributed by atoms with van der Waals surface area (Å²) in [6.07, 6.45) is 3.67. The molecule has 1 fully saturated rings. The van der Waals surface area contributed by atoms with Crippen LogP contribution in [0.5, 0.6) is 0 Å². The molecule has 1 saturated carbocycles. The third-order valence-electron chi connectivity index (χ3n) is 4.35. The van der Waals surface area contributed by atoms with E-state index in [-0.39, 0.29) is 12.3 Å². The van der Waals surface area contributed by atoms with Gasteiger partial charge in [-0.15, -0.1) is 0 Å². The molecule has 3 rings (SSSR count). The second-order valence-corrected chi connectivity index (χ2v) is 5.96. The van der Waals surface area contributed by atoms with Crippen molar-refractivity contribution in [3.05, 3.63) is 30.1 Å². The van der Waals surface area contributed by atoms with E-state index in [1.165, 1.54) is 0 Å². The van der Waals surface area contributed by atoms with Crippen LogP contribution in [0, 0.1) is 0 Å². The normalized spacial score (nSPS) is 17.2. The topological polar surface area (TPSA) is 67.2 Å². The van der Waals surface area contributed by atoms with E-state index in [0.717, 1.165) is 42.5 Å². The maximum Gasteiger partial charge on any atom is 0.223 e. The van der Waals surface area contributed by atoms with E-state index in [2.05, 4.69) is 10.3 Å². The van der Waals surface area contributed by atoms with Crippen LogP contribution in [0.1, 0.15) is 37.9 Å². The van der Waals surface area contributed by atoms with E-state index in [1.54, 1.807) is 0 Å². The number of amides is 1. The Kier molecular flexibility index (Phi) is 3.68. The lowest BCUT2D eigenvalue weighted by molar-refractivity contribution is -0.126. The molecule has 1 aromatic carbocycles.